The number of nitrogens with one attached hydrogen (secondary N) is 1. The molecule has 2 heterocycles. The Hall–Kier alpha value is -2.17. The number of aromatic nitrogens is 2. The zero-order valence-electron chi connectivity index (χ0n) is 19.3. The maximum atomic E-state index is 6.11. The van der Waals surface area contributed by atoms with Crippen LogP contribution in [0.15, 0.2) is 55.0 Å². The minimum atomic E-state index is 0.381. The van der Waals surface area contributed by atoms with E-state index in [0.29, 0.717) is 24.0 Å². The molecule has 2 saturated carbocycles. The molecule has 3 N–H and O–H groups in total. The van der Waals surface area contributed by atoms with Crippen molar-refractivity contribution in [1.29, 1.82) is 0 Å². The largest absolute Gasteiger partial charge is 0.344 e. The van der Waals surface area contributed by atoms with Crippen molar-refractivity contribution in [3.8, 4) is 0 Å². The molecule has 2 aromatic heterocycles. The molecule has 1 aromatic carbocycles. The van der Waals surface area contributed by atoms with Gasteiger partial charge in [0.2, 0.25) is 0 Å². The molecule has 2 aliphatic carbocycles. The molecule has 0 aliphatic heterocycles. The number of benzene rings is 1. The predicted octanol–water partition coefficient (Wildman–Crippen LogP) is 5.92. The van der Waals surface area contributed by atoms with Gasteiger partial charge in [-0.25, -0.2) is 0 Å². The molecule has 170 valence electrons. The quantitative estimate of drug-likeness (QED) is 0.489. The summed E-state index contributed by atoms with van der Waals surface area (Å²) in [6.07, 6.45) is 18.9. The number of rotatable bonds is 7. The van der Waals surface area contributed by atoms with Crippen molar-refractivity contribution in [3.63, 3.8) is 0 Å². The van der Waals surface area contributed by atoms with Crippen molar-refractivity contribution in [1.82, 2.24) is 14.9 Å². The molecule has 0 saturated heterocycles. The van der Waals surface area contributed by atoms with E-state index in [1.807, 2.05) is 12.4 Å². The SMILES string of the molecule is N[C@H]1CC[C@H](NCCC(c2ccncc2)c2cn(C3CCCCC3)c3ccccc23)CC1. The van der Waals surface area contributed by atoms with Crippen LogP contribution in [-0.2, 0) is 0 Å². The van der Waals surface area contributed by atoms with Gasteiger partial charge in [0.1, 0.15) is 0 Å². The predicted molar refractivity (Wildman–Crippen MR) is 133 cm³/mol. The van der Waals surface area contributed by atoms with Gasteiger partial charge in [-0.3, -0.25) is 4.98 Å². The fourth-order valence-electron chi connectivity index (χ4n) is 6.02. The maximum absolute atomic E-state index is 6.11. The monoisotopic (exact) mass is 430 g/mol. The standard InChI is InChI=1S/C28H38N4/c29-22-10-12-23(13-11-22)31-19-16-25(21-14-17-30-18-15-21)27-20-32(24-6-2-1-3-7-24)28-9-5-4-8-26(27)28/h4-5,8-9,14-15,17-18,20,22-25,31H,1-3,6-7,10-13,16,19,29H2/t22-,23-,25?. The van der Waals surface area contributed by atoms with Crippen molar-refractivity contribution in [2.75, 3.05) is 6.54 Å². The number of fused-ring (bicyclic) bond motifs is 1. The topological polar surface area (TPSA) is 55.9 Å². The summed E-state index contributed by atoms with van der Waals surface area (Å²) in [5.41, 5.74) is 10.4. The molecular formula is C28H38N4. The summed E-state index contributed by atoms with van der Waals surface area (Å²) in [6, 6.07) is 15.1. The summed E-state index contributed by atoms with van der Waals surface area (Å²) < 4.78 is 2.61. The average molecular weight is 431 g/mol. The van der Waals surface area contributed by atoms with E-state index in [0.717, 1.165) is 25.8 Å². The van der Waals surface area contributed by atoms with E-state index in [2.05, 4.69) is 57.5 Å². The molecule has 1 atom stereocenters. The summed E-state index contributed by atoms with van der Waals surface area (Å²) in [6.45, 7) is 1.04. The molecular weight excluding hydrogens is 392 g/mol. The van der Waals surface area contributed by atoms with Gasteiger partial charge in [0.15, 0.2) is 0 Å². The zero-order valence-corrected chi connectivity index (χ0v) is 19.3. The Morgan fingerprint density at radius 1 is 0.938 bits per heavy atom. The van der Waals surface area contributed by atoms with E-state index >= 15 is 0 Å². The van der Waals surface area contributed by atoms with Gasteiger partial charge < -0.3 is 15.6 Å². The van der Waals surface area contributed by atoms with Crippen LogP contribution in [0, 0.1) is 0 Å². The van der Waals surface area contributed by atoms with E-state index < -0.39 is 0 Å². The van der Waals surface area contributed by atoms with Crippen molar-refractivity contribution in [3.05, 3.63) is 66.1 Å². The van der Waals surface area contributed by atoms with E-state index in [1.54, 1.807) is 0 Å². The third-order valence-electron chi connectivity index (χ3n) is 7.86. The number of para-hydroxylation sites is 1. The van der Waals surface area contributed by atoms with Crippen LogP contribution in [0.5, 0.6) is 0 Å². The molecule has 5 rings (SSSR count). The molecule has 2 aliphatic rings. The molecule has 1 unspecified atom stereocenters. The molecule has 0 bridgehead atoms. The second kappa shape index (κ2) is 10.2. The fraction of sp³-hybridized carbons (Fsp3) is 0.536. The summed E-state index contributed by atoms with van der Waals surface area (Å²) in [5, 5.41) is 5.27. The van der Waals surface area contributed by atoms with Crippen molar-refractivity contribution < 1.29 is 0 Å². The molecule has 4 nitrogen and oxygen atoms in total. The highest BCUT2D eigenvalue weighted by Gasteiger charge is 2.24. The Morgan fingerprint density at radius 3 is 2.47 bits per heavy atom. The normalized spacial score (nSPS) is 23.4. The Kier molecular flexibility index (Phi) is 6.89. The number of pyridine rings is 1. The van der Waals surface area contributed by atoms with Crippen LogP contribution in [0.1, 0.15) is 87.3 Å². The smallest absolute Gasteiger partial charge is 0.0485 e. The third-order valence-corrected chi connectivity index (χ3v) is 7.86. The number of hydrogen-bond acceptors (Lipinski definition) is 3. The first kappa shape index (κ1) is 21.7. The van der Waals surface area contributed by atoms with Gasteiger partial charge >= 0.3 is 0 Å². The highest BCUT2D eigenvalue weighted by molar-refractivity contribution is 5.85. The van der Waals surface area contributed by atoms with Crippen molar-refractivity contribution in [2.45, 2.75) is 88.3 Å². The van der Waals surface area contributed by atoms with Gasteiger partial charge in [-0.05, 0) is 80.8 Å². The summed E-state index contributed by atoms with van der Waals surface area (Å²) in [7, 11) is 0. The maximum Gasteiger partial charge on any atom is 0.0485 e. The van der Waals surface area contributed by atoms with Crippen LogP contribution in [0.25, 0.3) is 10.9 Å². The highest BCUT2D eigenvalue weighted by Crippen LogP contribution is 2.38. The lowest BCUT2D eigenvalue weighted by atomic mass is 9.88. The first-order chi connectivity index (χ1) is 15.8. The van der Waals surface area contributed by atoms with Crippen LogP contribution < -0.4 is 11.1 Å². The summed E-state index contributed by atoms with van der Waals surface area (Å²) >= 11 is 0. The third kappa shape index (κ3) is 4.77. The van der Waals surface area contributed by atoms with Crippen molar-refractivity contribution in [2.24, 2.45) is 5.73 Å². The molecule has 3 aromatic rings. The Balaban J connectivity index is 1.42. The fourth-order valence-corrected chi connectivity index (χ4v) is 6.02. The summed E-state index contributed by atoms with van der Waals surface area (Å²) in [5.74, 6) is 0.381. The molecule has 0 amide bonds. The summed E-state index contributed by atoms with van der Waals surface area (Å²) in [4.78, 5) is 4.29. The van der Waals surface area contributed by atoms with Crippen molar-refractivity contribution >= 4 is 10.9 Å². The van der Waals surface area contributed by atoms with Gasteiger partial charge in [-0.2, -0.15) is 0 Å². The van der Waals surface area contributed by atoms with Gasteiger partial charge in [-0.15, -0.1) is 0 Å². The van der Waals surface area contributed by atoms with Crippen LogP contribution >= 0.6 is 0 Å². The Labute approximate surface area is 192 Å². The van der Waals surface area contributed by atoms with Crippen LogP contribution in [0.4, 0.5) is 0 Å². The van der Waals surface area contributed by atoms with E-state index in [9.17, 15) is 0 Å². The van der Waals surface area contributed by atoms with E-state index in [4.69, 9.17) is 5.73 Å². The van der Waals surface area contributed by atoms with E-state index in [1.165, 1.54) is 67.0 Å². The van der Waals surface area contributed by atoms with Crippen LogP contribution in [-0.4, -0.2) is 28.2 Å². The molecule has 0 radical (unpaired) electrons. The minimum Gasteiger partial charge on any atom is -0.344 e. The number of nitrogens with two attached hydrogens (primary N) is 1. The van der Waals surface area contributed by atoms with Gasteiger partial charge in [-0.1, -0.05) is 37.5 Å². The lowest BCUT2D eigenvalue weighted by Gasteiger charge is -2.28. The highest BCUT2D eigenvalue weighted by atomic mass is 15.0. The van der Waals surface area contributed by atoms with Gasteiger partial charge in [0.25, 0.3) is 0 Å². The number of hydrogen-bond donors (Lipinski definition) is 2. The van der Waals surface area contributed by atoms with Crippen LogP contribution in [0.2, 0.25) is 0 Å². The molecule has 2 fully saturated rings. The van der Waals surface area contributed by atoms with Gasteiger partial charge in [0, 0.05) is 53.5 Å². The molecule has 0 spiro atoms. The lowest BCUT2D eigenvalue weighted by molar-refractivity contribution is 0.340. The molecule has 4 heteroatoms. The second-order valence-electron chi connectivity index (χ2n) is 9.99. The van der Waals surface area contributed by atoms with E-state index in [-0.39, 0.29) is 0 Å². The minimum absolute atomic E-state index is 0.381. The first-order valence-electron chi connectivity index (χ1n) is 12.8. The Morgan fingerprint density at radius 2 is 1.69 bits per heavy atom. The van der Waals surface area contributed by atoms with Gasteiger partial charge in [0.05, 0.1) is 0 Å². The second-order valence-corrected chi connectivity index (χ2v) is 9.99. The lowest BCUT2D eigenvalue weighted by Crippen LogP contribution is -2.38. The average Bonchev–Trinajstić information content (AvgIpc) is 3.24. The number of nitrogens with zero attached hydrogens (tertiary/aromatic N) is 2. The Bertz CT molecular complexity index is 981. The van der Waals surface area contributed by atoms with Crippen LogP contribution in [0.3, 0.4) is 0 Å². The molecule has 32 heavy (non-hydrogen) atoms. The first-order valence-corrected chi connectivity index (χ1v) is 12.8. The zero-order chi connectivity index (χ0) is 21.8.